The molecule has 6 nitrogen and oxygen atoms in total. The smallest absolute Gasteiger partial charge is 0.191 e. The summed E-state index contributed by atoms with van der Waals surface area (Å²) in [4.78, 5) is 8.90. The molecule has 0 amide bonds. The van der Waals surface area contributed by atoms with Gasteiger partial charge in [0.1, 0.15) is 0 Å². The maximum Gasteiger partial charge on any atom is 0.191 e. The Bertz CT molecular complexity index is 697. The van der Waals surface area contributed by atoms with Gasteiger partial charge in [-0.05, 0) is 26.3 Å². The second kappa shape index (κ2) is 13.9. The monoisotopic (exact) mass is 518 g/mol. The highest BCUT2D eigenvalue weighted by Gasteiger charge is 2.10. The molecular formula is C20H31IN4O2S. The molecule has 0 saturated heterocycles. The van der Waals surface area contributed by atoms with E-state index in [1.54, 1.807) is 11.3 Å². The summed E-state index contributed by atoms with van der Waals surface area (Å²) in [6, 6.07) is 9.98. The normalized spacial score (nSPS) is 13.5. The Labute approximate surface area is 188 Å². The second-order valence-corrected chi connectivity index (χ2v) is 7.36. The molecule has 0 spiro atoms. The maximum absolute atomic E-state index is 10.2. The van der Waals surface area contributed by atoms with Crippen molar-refractivity contribution in [2.24, 2.45) is 4.99 Å². The number of aliphatic hydroxyl groups is 1. The van der Waals surface area contributed by atoms with Crippen molar-refractivity contribution in [2.45, 2.75) is 39.4 Å². The van der Waals surface area contributed by atoms with Gasteiger partial charge >= 0.3 is 0 Å². The van der Waals surface area contributed by atoms with E-state index in [1.165, 1.54) is 0 Å². The fourth-order valence-corrected chi connectivity index (χ4v) is 3.15. The van der Waals surface area contributed by atoms with Crippen LogP contribution < -0.4 is 10.6 Å². The number of hydrogen-bond acceptors (Lipinski definition) is 5. The quantitative estimate of drug-likeness (QED) is 0.256. The Morgan fingerprint density at radius 2 is 2.04 bits per heavy atom. The molecule has 0 fully saturated rings. The Morgan fingerprint density at radius 1 is 1.29 bits per heavy atom. The predicted octanol–water partition coefficient (Wildman–Crippen LogP) is 3.31. The third-order valence-electron chi connectivity index (χ3n) is 3.95. The van der Waals surface area contributed by atoms with Crippen molar-refractivity contribution >= 4 is 41.3 Å². The van der Waals surface area contributed by atoms with Crippen LogP contribution in [0.25, 0.3) is 0 Å². The molecule has 156 valence electrons. The number of hydrogen-bond donors (Lipinski definition) is 3. The number of halogens is 1. The molecule has 1 heterocycles. The summed E-state index contributed by atoms with van der Waals surface area (Å²) >= 11 is 1.66. The minimum absolute atomic E-state index is 0. The van der Waals surface area contributed by atoms with Crippen LogP contribution in [-0.4, -0.2) is 48.4 Å². The third-order valence-corrected chi connectivity index (χ3v) is 4.77. The van der Waals surface area contributed by atoms with Crippen LogP contribution in [0.15, 0.2) is 40.7 Å². The first-order valence-electron chi connectivity index (χ1n) is 9.36. The number of benzene rings is 1. The first kappa shape index (κ1) is 24.8. The highest BCUT2D eigenvalue weighted by Crippen LogP contribution is 2.15. The summed E-state index contributed by atoms with van der Waals surface area (Å²) in [5, 5.41) is 19.8. The van der Waals surface area contributed by atoms with E-state index in [1.807, 2.05) is 51.1 Å². The van der Waals surface area contributed by atoms with Crippen LogP contribution in [0.5, 0.6) is 0 Å². The zero-order valence-corrected chi connectivity index (χ0v) is 19.9. The predicted molar refractivity (Wildman–Crippen MR) is 127 cm³/mol. The van der Waals surface area contributed by atoms with Crippen LogP contribution in [0.3, 0.4) is 0 Å². The van der Waals surface area contributed by atoms with Gasteiger partial charge in [-0.15, -0.1) is 35.3 Å². The van der Waals surface area contributed by atoms with Crippen LogP contribution in [0.1, 0.15) is 36.2 Å². The third kappa shape index (κ3) is 9.31. The first-order chi connectivity index (χ1) is 13.1. The van der Waals surface area contributed by atoms with Crippen LogP contribution in [0.4, 0.5) is 0 Å². The number of aromatic nitrogens is 1. The lowest BCUT2D eigenvalue weighted by atomic mass is 10.1. The van der Waals surface area contributed by atoms with E-state index in [2.05, 4.69) is 26.0 Å². The van der Waals surface area contributed by atoms with E-state index in [0.717, 1.165) is 35.8 Å². The lowest BCUT2D eigenvalue weighted by Crippen LogP contribution is -2.39. The van der Waals surface area contributed by atoms with E-state index in [0.29, 0.717) is 5.96 Å². The molecule has 2 aromatic rings. The van der Waals surface area contributed by atoms with Crippen molar-refractivity contribution in [3.63, 3.8) is 0 Å². The largest absolute Gasteiger partial charge is 0.389 e. The van der Waals surface area contributed by atoms with Crippen molar-refractivity contribution in [2.75, 3.05) is 26.2 Å². The Hall–Kier alpha value is -1.23. The average Bonchev–Trinajstić information content (AvgIpc) is 3.10. The molecule has 8 heteroatoms. The zero-order valence-electron chi connectivity index (χ0n) is 16.7. The zero-order chi connectivity index (χ0) is 19.5. The highest BCUT2D eigenvalue weighted by atomic mass is 127. The number of rotatable bonds is 10. The second-order valence-electron chi connectivity index (χ2n) is 6.29. The summed E-state index contributed by atoms with van der Waals surface area (Å²) < 4.78 is 5.76. The summed E-state index contributed by atoms with van der Waals surface area (Å²) in [5.74, 6) is 0.694. The van der Waals surface area contributed by atoms with Crippen molar-refractivity contribution in [3.8, 4) is 0 Å². The molecule has 3 N–H and O–H groups in total. The van der Waals surface area contributed by atoms with Gasteiger partial charge in [0.25, 0.3) is 0 Å². The van der Waals surface area contributed by atoms with E-state index < -0.39 is 6.10 Å². The van der Waals surface area contributed by atoms with Crippen molar-refractivity contribution in [1.82, 2.24) is 15.6 Å². The topological polar surface area (TPSA) is 78.8 Å². The summed E-state index contributed by atoms with van der Waals surface area (Å²) in [6.45, 7) is 8.05. The molecular weight excluding hydrogens is 487 g/mol. The molecule has 0 aliphatic heterocycles. The number of ether oxygens (including phenoxy) is 1. The molecule has 28 heavy (non-hydrogen) atoms. The van der Waals surface area contributed by atoms with Gasteiger partial charge in [0.15, 0.2) is 5.96 Å². The fourth-order valence-electron chi connectivity index (χ4n) is 2.50. The number of nitrogens with one attached hydrogen (secondary N) is 2. The van der Waals surface area contributed by atoms with Gasteiger partial charge in [-0.1, -0.05) is 30.3 Å². The lowest BCUT2D eigenvalue weighted by Gasteiger charge is -2.16. The molecule has 0 radical (unpaired) electrons. The number of thiazole rings is 1. The molecule has 0 saturated carbocycles. The molecule has 1 aromatic carbocycles. The van der Waals surface area contributed by atoms with E-state index in [9.17, 15) is 5.11 Å². The highest BCUT2D eigenvalue weighted by molar-refractivity contribution is 14.0. The van der Waals surface area contributed by atoms with Crippen molar-refractivity contribution in [1.29, 1.82) is 0 Å². The summed E-state index contributed by atoms with van der Waals surface area (Å²) in [7, 11) is 0. The molecule has 1 aromatic heterocycles. The van der Waals surface area contributed by atoms with E-state index in [4.69, 9.17) is 4.74 Å². The average molecular weight is 518 g/mol. The van der Waals surface area contributed by atoms with Gasteiger partial charge in [0.2, 0.25) is 0 Å². The molecule has 0 aliphatic rings. The Balaban J connectivity index is 0.00000392. The van der Waals surface area contributed by atoms with Crippen molar-refractivity contribution < 1.29 is 9.84 Å². The maximum atomic E-state index is 10.2. The number of aliphatic hydroxyl groups excluding tert-OH is 1. The van der Waals surface area contributed by atoms with Gasteiger partial charge < -0.3 is 20.5 Å². The van der Waals surface area contributed by atoms with E-state index >= 15 is 0 Å². The lowest BCUT2D eigenvalue weighted by molar-refractivity contribution is 0.00111. The molecule has 2 atom stereocenters. The number of guanidine groups is 1. The van der Waals surface area contributed by atoms with E-state index in [-0.39, 0.29) is 43.2 Å². The first-order valence-corrected chi connectivity index (χ1v) is 10.2. The number of aryl methyl sites for hydroxylation is 1. The van der Waals surface area contributed by atoms with Crippen molar-refractivity contribution in [3.05, 3.63) is 52.0 Å². The van der Waals surface area contributed by atoms with Gasteiger partial charge in [0, 0.05) is 24.9 Å². The van der Waals surface area contributed by atoms with Gasteiger partial charge in [-0.25, -0.2) is 4.98 Å². The minimum Gasteiger partial charge on any atom is -0.389 e. The standard InChI is InChI=1S/C20H30N4O2S.HI/c1-4-21-20(22-11-10-18-14-27-16(3)24-18)23-12-19(25)13-26-15(2)17-8-6-5-7-9-17;/h5-9,14-15,19,25H,4,10-13H2,1-3H3,(H2,21,22,23);1H. The summed E-state index contributed by atoms with van der Waals surface area (Å²) in [6.07, 6.45) is 0.139. The molecule has 2 rings (SSSR count). The van der Waals surface area contributed by atoms with Gasteiger partial charge in [-0.3, -0.25) is 4.99 Å². The molecule has 0 aliphatic carbocycles. The SMILES string of the molecule is CCNC(=NCC(O)COC(C)c1ccccc1)NCCc1csc(C)n1.I. The fraction of sp³-hybridized carbons (Fsp3) is 0.500. The Kier molecular flexibility index (Phi) is 12.3. The van der Waals surface area contributed by atoms with Crippen LogP contribution in [-0.2, 0) is 11.2 Å². The minimum atomic E-state index is -0.646. The molecule has 0 bridgehead atoms. The van der Waals surface area contributed by atoms with Gasteiger partial charge in [-0.2, -0.15) is 0 Å². The number of nitrogens with zero attached hydrogens (tertiary/aromatic N) is 2. The molecule has 2 unspecified atom stereocenters. The number of aliphatic imine (C=N–C) groups is 1. The summed E-state index contributed by atoms with van der Waals surface area (Å²) in [5.41, 5.74) is 2.18. The van der Waals surface area contributed by atoms with Crippen LogP contribution in [0, 0.1) is 6.92 Å². The van der Waals surface area contributed by atoms with Crippen LogP contribution in [0.2, 0.25) is 0 Å². The van der Waals surface area contributed by atoms with Gasteiger partial charge in [0.05, 0.1) is 36.1 Å². The Morgan fingerprint density at radius 3 is 2.68 bits per heavy atom. The van der Waals surface area contributed by atoms with Crippen LogP contribution >= 0.6 is 35.3 Å².